The largest absolute Gasteiger partial charge is 0.473 e. The molecule has 2 atom stereocenters. The Hall–Kier alpha value is -4.41. The molecule has 0 aliphatic carbocycles. The third-order valence-electron chi connectivity index (χ3n) is 8.48. The summed E-state index contributed by atoms with van der Waals surface area (Å²) in [7, 11) is 0. The zero-order valence-electron chi connectivity index (χ0n) is 25.5. The van der Waals surface area contributed by atoms with E-state index in [0.717, 1.165) is 12.2 Å². The summed E-state index contributed by atoms with van der Waals surface area (Å²) in [5, 5.41) is 5.88. The molecule has 2 unspecified atom stereocenters. The molecule has 0 amide bonds. The maximum Gasteiger partial charge on any atom is 0.451 e. The summed E-state index contributed by atoms with van der Waals surface area (Å²) in [6.45, 7) is 5.09. The van der Waals surface area contributed by atoms with Crippen LogP contribution < -0.4 is 9.64 Å². The number of benzene rings is 1. The number of aromatic amines is 1. The number of hydrogen-bond acceptors (Lipinski definition) is 9. The number of ether oxygens (including phenoxy) is 2. The van der Waals surface area contributed by atoms with Crippen LogP contribution in [0.3, 0.4) is 0 Å². The maximum absolute atomic E-state index is 15.0. The number of hydrogen-bond donors (Lipinski definition) is 1. The normalized spacial score (nSPS) is 18.8. The molecule has 2 saturated heterocycles. The van der Waals surface area contributed by atoms with Gasteiger partial charge in [0.2, 0.25) is 11.7 Å². The van der Waals surface area contributed by atoms with Gasteiger partial charge in [-0.15, -0.1) is 0 Å². The number of nitrogens with zero attached hydrogens (tertiary/aromatic N) is 8. The fourth-order valence-electron chi connectivity index (χ4n) is 5.77. The van der Waals surface area contributed by atoms with Gasteiger partial charge in [-0.25, -0.2) is 18.7 Å². The molecule has 11 nitrogen and oxygen atoms in total. The summed E-state index contributed by atoms with van der Waals surface area (Å²) < 4.78 is 81.8. The lowest BCUT2D eigenvalue weighted by Crippen LogP contribution is -2.52. The van der Waals surface area contributed by atoms with Crippen molar-refractivity contribution >= 4 is 28.5 Å². The van der Waals surface area contributed by atoms with E-state index in [2.05, 4.69) is 25.0 Å². The number of imidazole rings is 1. The molecule has 2 aliphatic rings. The fourth-order valence-corrected chi connectivity index (χ4v) is 5.93. The Bertz CT molecular complexity index is 1950. The molecule has 4 aromatic heterocycles. The second-order valence-corrected chi connectivity index (χ2v) is 12.2. The second-order valence-electron chi connectivity index (χ2n) is 11.7. The molecule has 5 aromatic rings. The van der Waals surface area contributed by atoms with Crippen molar-refractivity contribution in [2.75, 3.05) is 31.1 Å². The van der Waals surface area contributed by atoms with Crippen molar-refractivity contribution in [2.45, 2.75) is 51.4 Å². The van der Waals surface area contributed by atoms with Crippen molar-refractivity contribution in [1.29, 1.82) is 0 Å². The zero-order chi connectivity index (χ0) is 33.6. The van der Waals surface area contributed by atoms with Gasteiger partial charge in [0.1, 0.15) is 23.9 Å². The van der Waals surface area contributed by atoms with Crippen molar-refractivity contribution in [2.24, 2.45) is 0 Å². The van der Waals surface area contributed by atoms with E-state index in [-0.39, 0.29) is 47.0 Å². The Balaban J connectivity index is 1.07. The highest BCUT2D eigenvalue weighted by Crippen LogP contribution is 2.30. The molecule has 252 valence electrons. The number of fused-ring (bicyclic) bond motifs is 1. The number of pyridine rings is 2. The van der Waals surface area contributed by atoms with Gasteiger partial charge in [-0.05, 0) is 37.6 Å². The predicted octanol–water partition coefficient (Wildman–Crippen LogP) is 5.64. The van der Waals surface area contributed by atoms with Crippen LogP contribution in [0.1, 0.15) is 30.6 Å². The van der Waals surface area contributed by atoms with Gasteiger partial charge in [0, 0.05) is 48.9 Å². The Morgan fingerprint density at radius 1 is 1.06 bits per heavy atom. The molecule has 2 aliphatic heterocycles. The van der Waals surface area contributed by atoms with Gasteiger partial charge in [-0.2, -0.15) is 23.3 Å². The quantitative estimate of drug-likeness (QED) is 0.197. The lowest BCUT2D eigenvalue weighted by molar-refractivity contribution is -0.144. The van der Waals surface area contributed by atoms with Crippen molar-refractivity contribution in [3.63, 3.8) is 0 Å². The molecular formula is C31H29ClF5N9O2. The first-order valence-electron chi connectivity index (χ1n) is 15.2. The minimum Gasteiger partial charge on any atom is -0.473 e. The standard InChI is InChI=1S/C31H29ClF5N9O2/c1-17-13-45(29-21(33)4-5-27(40-29)48-16-18-2-3-19(32)10-22(18)34)8-7-44(17)15-26-39-23-11-24(28-41-30(43-42-28)31(35,36)37)38-12-25(23)46(26)14-20-6-9-47-20/h2-5,10-12,17,20H,6-9,13-16H2,1H3,(H,41,42,43). The number of rotatable bonds is 9. The Labute approximate surface area is 275 Å². The van der Waals surface area contributed by atoms with E-state index in [1.807, 2.05) is 21.5 Å². The number of alkyl halides is 3. The van der Waals surface area contributed by atoms with E-state index in [4.69, 9.17) is 26.1 Å². The number of H-pyrrole nitrogens is 1. The SMILES string of the molecule is CC1CN(c2nc(OCc3ccc(Cl)cc3F)ccc2F)CCN1Cc1nc2cc(-c3n[nH]c(C(F)(F)F)n3)ncc2n1CC1CCO1. The molecule has 0 saturated carbocycles. The fraction of sp³-hybridized carbons (Fsp3) is 0.387. The smallest absolute Gasteiger partial charge is 0.451 e. The Morgan fingerprint density at radius 2 is 1.90 bits per heavy atom. The number of nitrogens with one attached hydrogen (secondary N) is 1. The van der Waals surface area contributed by atoms with Crippen LogP contribution in [-0.2, 0) is 30.6 Å². The van der Waals surface area contributed by atoms with E-state index in [0.29, 0.717) is 55.9 Å². The molecular weight excluding hydrogens is 661 g/mol. The van der Waals surface area contributed by atoms with E-state index in [1.54, 1.807) is 18.3 Å². The van der Waals surface area contributed by atoms with Crippen molar-refractivity contribution in [3.8, 4) is 17.4 Å². The maximum atomic E-state index is 15.0. The lowest BCUT2D eigenvalue weighted by atomic mass is 10.1. The molecule has 2 fully saturated rings. The van der Waals surface area contributed by atoms with Crippen LogP contribution in [0.4, 0.5) is 27.8 Å². The summed E-state index contributed by atoms with van der Waals surface area (Å²) in [4.78, 5) is 21.2. The van der Waals surface area contributed by atoms with Gasteiger partial charge in [0.25, 0.3) is 0 Å². The molecule has 17 heteroatoms. The average molecular weight is 690 g/mol. The molecule has 0 radical (unpaired) electrons. The van der Waals surface area contributed by atoms with Crippen LogP contribution in [0, 0.1) is 11.6 Å². The molecule has 0 spiro atoms. The first-order chi connectivity index (χ1) is 23.0. The highest BCUT2D eigenvalue weighted by Gasteiger charge is 2.36. The summed E-state index contributed by atoms with van der Waals surface area (Å²) in [5.74, 6) is -1.35. The lowest BCUT2D eigenvalue weighted by Gasteiger charge is -2.40. The van der Waals surface area contributed by atoms with Gasteiger partial charge in [-0.3, -0.25) is 15.0 Å². The summed E-state index contributed by atoms with van der Waals surface area (Å²) >= 11 is 5.83. The number of halogens is 6. The van der Waals surface area contributed by atoms with Crippen LogP contribution in [0.5, 0.6) is 5.88 Å². The molecule has 1 aromatic carbocycles. The minimum absolute atomic E-state index is 0.0113. The number of aromatic nitrogens is 7. The third-order valence-corrected chi connectivity index (χ3v) is 8.71. The van der Waals surface area contributed by atoms with E-state index < -0.39 is 23.6 Å². The Kier molecular flexibility index (Phi) is 8.64. The van der Waals surface area contributed by atoms with E-state index in [9.17, 15) is 22.0 Å². The molecule has 0 bridgehead atoms. The van der Waals surface area contributed by atoms with Crippen molar-refractivity contribution in [1.82, 2.24) is 39.6 Å². The molecule has 1 N–H and O–H groups in total. The first kappa shape index (κ1) is 32.2. The topological polar surface area (TPSA) is 110 Å². The Morgan fingerprint density at radius 3 is 2.60 bits per heavy atom. The van der Waals surface area contributed by atoms with Gasteiger partial charge < -0.3 is 18.9 Å². The van der Waals surface area contributed by atoms with Crippen LogP contribution in [0.25, 0.3) is 22.6 Å². The summed E-state index contributed by atoms with van der Waals surface area (Å²) in [5.41, 5.74) is 1.71. The molecule has 7 rings (SSSR count). The van der Waals surface area contributed by atoms with Crippen LogP contribution in [-0.4, -0.2) is 78.0 Å². The van der Waals surface area contributed by atoms with E-state index in [1.165, 1.54) is 24.3 Å². The van der Waals surface area contributed by atoms with Gasteiger partial charge in [-0.1, -0.05) is 17.7 Å². The number of piperazine rings is 1. The average Bonchev–Trinajstić information content (AvgIpc) is 3.65. The second kappa shape index (κ2) is 12.9. The molecule has 48 heavy (non-hydrogen) atoms. The highest BCUT2D eigenvalue weighted by atomic mass is 35.5. The van der Waals surface area contributed by atoms with Gasteiger partial charge in [0.05, 0.1) is 36.4 Å². The zero-order valence-corrected chi connectivity index (χ0v) is 26.3. The third kappa shape index (κ3) is 6.64. The minimum atomic E-state index is -4.66. The van der Waals surface area contributed by atoms with Crippen molar-refractivity contribution in [3.05, 3.63) is 76.5 Å². The van der Waals surface area contributed by atoms with Gasteiger partial charge in [0.15, 0.2) is 17.5 Å². The van der Waals surface area contributed by atoms with Crippen LogP contribution in [0.2, 0.25) is 5.02 Å². The molecule has 6 heterocycles. The van der Waals surface area contributed by atoms with E-state index >= 15 is 0 Å². The highest BCUT2D eigenvalue weighted by molar-refractivity contribution is 6.30. The summed E-state index contributed by atoms with van der Waals surface area (Å²) in [6.07, 6.45) is -2.19. The van der Waals surface area contributed by atoms with Crippen LogP contribution >= 0.6 is 11.6 Å². The monoisotopic (exact) mass is 689 g/mol. The van der Waals surface area contributed by atoms with Gasteiger partial charge >= 0.3 is 6.18 Å². The number of anilines is 1. The van der Waals surface area contributed by atoms with Crippen molar-refractivity contribution < 1.29 is 31.4 Å². The first-order valence-corrected chi connectivity index (χ1v) is 15.6. The summed E-state index contributed by atoms with van der Waals surface area (Å²) in [6, 6.07) is 8.50. The van der Waals surface area contributed by atoms with Crippen LogP contribution in [0.15, 0.2) is 42.6 Å². The predicted molar refractivity (Wildman–Crippen MR) is 164 cm³/mol.